The van der Waals surface area contributed by atoms with Crippen LogP contribution in [-0.4, -0.2) is 34.2 Å². The number of fused-ring (bicyclic) bond motifs is 1. The van der Waals surface area contributed by atoms with E-state index in [1.54, 1.807) is 55.5 Å². The lowest BCUT2D eigenvalue weighted by atomic mass is 10.0. The number of hydrogen-bond acceptors (Lipinski definition) is 7. The van der Waals surface area contributed by atoms with E-state index in [1.165, 1.54) is 12.1 Å². The zero-order chi connectivity index (χ0) is 24.5. The summed E-state index contributed by atoms with van der Waals surface area (Å²) in [4.78, 5) is 13.0. The molecule has 0 spiro atoms. The molecule has 0 saturated carbocycles. The summed E-state index contributed by atoms with van der Waals surface area (Å²) in [5.74, 6) is -0.539. The second-order valence-electron chi connectivity index (χ2n) is 7.44. The third-order valence-electron chi connectivity index (χ3n) is 5.05. The van der Waals surface area contributed by atoms with Crippen LogP contribution in [0.25, 0.3) is 11.0 Å². The van der Waals surface area contributed by atoms with Crippen LogP contribution in [0.5, 0.6) is 0 Å². The molecule has 1 amide bonds. The maximum absolute atomic E-state index is 13.2. The van der Waals surface area contributed by atoms with Crippen LogP contribution in [0.1, 0.15) is 28.9 Å². The Morgan fingerprint density at radius 3 is 2.59 bits per heavy atom. The number of benzene rings is 3. The molecule has 12 heteroatoms. The third-order valence-corrected chi connectivity index (χ3v) is 7.92. The average Bonchev–Trinajstić information content (AvgIpc) is 3.27. The summed E-state index contributed by atoms with van der Waals surface area (Å²) >= 11 is 8.85. The van der Waals surface area contributed by atoms with Crippen LogP contribution in [0.4, 0.5) is 5.69 Å². The van der Waals surface area contributed by atoms with Crippen LogP contribution < -0.4 is 10.0 Å². The first-order chi connectivity index (χ1) is 16.2. The molecular formula is C22H18ClIN4O4S2. The lowest BCUT2D eigenvalue weighted by Crippen LogP contribution is -2.37. The summed E-state index contributed by atoms with van der Waals surface area (Å²) in [7, 11) is -4.07. The average molecular weight is 629 g/mol. The molecule has 8 nitrogen and oxygen atoms in total. The fourth-order valence-electron chi connectivity index (χ4n) is 3.31. The Bertz CT molecular complexity index is 1460. The van der Waals surface area contributed by atoms with Crippen molar-refractivity contribution in [2.45, 2.75) is 24.0 Å². The Hall–Kier alpha value is -2.32. The molecule has 2 atom stereocenters. The Balaban J connectivity index is 1.60. The van der Waals surface area contributed by atoms with Crippen LogP contribution in [0, 0.1) is 3.57 Å². The van der Waals surface area contributed by atoms with Gasteiger partial charge in [-0.1, -0.05) is 29.8 Å². The van der Waals surface area contributed by atoms with E-state index in [-0.39, 0.29) is 21.7 Å². The number of aliphatic hydroxyl groups excluding tert-OH is 1. The van der Waals surface area contributed by atoms with Gasteiger partial charge in [-0.2, -0.15) is 8.75 Å². The molecule has 0 aliphatic carbocycles. The van der Waals surface area contributed by atoms with Gasteiger partial charge in [0.15, 0.2) is 0 Å². The van der Waals surface area contributed by atoms with Crippen molar-refractivity contribution in [1.29, 1.82) is 0 Å². The van der Waals surface area contributed by atoms with E-state index >= 15 is 0 Å². The van der Waals surface area contributed by atoms with Gasteiger partial charge in [-0.15, -0.1) is 0 Å². The standard InChI is InChI=1S/C22H18ClIN4O4S2/c1-12(21(29)13-5-7-14(23)8-6-13)25-22(30)16-10-9-15(24)11-18(16)28-34(31,32)19-4-2-3-17-20(19)27-33-26-17/h2-12,21,28-29H,1H3,(H,25,30). The zero-order valence-electron chi connectivity index (χ0n) is 17.6. The molecule has 1 aromatic heterocycles. The van der Waals surface area contributed by atoms with Gasteiger partial charge in [0.2, 0.25) is 0 Å². The predicted molar refractivity (Wildman–Crippen MR) is 141 cm³/mol. The smallest absolute Gasteiger partial charge is 0.264 e. The monoisotopic (exact) mass is 628 g/mol. The van der Waals surface area contributed by atoms with E-state index in [9.17, 15) is 18.3 Å². The topological polar surface area (TPSA) is 121 Å². The minimum absolute atomic E-state index is 0.0319. The number of rotatable bonds is 7. The quantitative estimate of drug-likeness (QED) is 0.257. The van der Waals surface area contributed by atoms with Gasteiger partial charge in [-0.25, -0.2) is 8.42 Å². The highest BCUT2D eigenvalue weighted by molar-refractivity contribution is 14.1. The molecule has 1 heterocycles. The van der Waals surface area contributed by atoms with E-state index in [0.29, 0.717) is 16.1 Å². The molecule has 0 saturated heterocycles. The SMILES string of the molecule is CC(NC(=O)c1ccc(I)cc1NS(=O)(=O)c1cccc2nsnc12)C(O)c1ccc(Cl)cc1. The van der Waals surface area contributed by atoms with Gasteiger partial charge in [0, 0.05) is 8.59 Å². The van der Waals surface area contributed by atoms with Gasteiger partial charge in [0.05, 0.1) is 35.1 Å². The summed E-state index contributed by atoms with van der Waals surface area (Å²) in [6.45, 7) is 1.66. The molecule has 2 unspecified atom stereocenters. The molecular weight excluding hydrogens is 611 g/mol. The van der Waals surface area contributed by atoms with Crippen molar-refractivity contribution in [2.24, 2.45) is 0 Å². The molecule has 0 aliphatic heterocycles. The summed E-state index contributed by atoms with van der Waals surface area (Å²) < 4.78 is 37.8. The van der Waals surface area contributed by atoms with Gasteiger partial charge in [-0.3, -0.25) is 9.52 Å². The molecule has 176 valence electrons. The van der Waals surface area contributed by atoms with E-state index in [4.69, 9.17) is 11.6 Å². The number of hydrogen-bond donors (Lipinski definition) is 3. The number of carbonyl (C=O) groups excluding carboxylic acids is 1. The van der Waals surface area contributed by atoms with Crippen molar-refractivity contribution >= 4 is 78.6 Å². The third kappa shape index (κ3) is 5.33. The number of halogens is 2. The van der Waals surface area contributed by atoms with Gasteiger partial charge >= 0.3 is 0 Å². The lowest BCUT2D eigenvalue weighted by molar-refractivity contribution is 0.0853. The van der Waals surface area contributed by atoms with Crippen molar-refractivity contribution in [3.8, 4) is 0 Å². The number of aromatic nitrogens is 2. The first kappa shape index (κ1) is 24.8. The summed E-state index contributed by atoms with van der Waals surface area (Å²) in [6, 6.07) is 15.5. The van der Waals surface area contributed by atoms with Crippen molar-refractivity contribution in [3.05, 3.63) is 80.4 Å². The minimum Gasteiger partial charge on any atom is -0.386 e. The number of nitrogens with zero attached hydrogens (tertiary/aromatic N) is 2. The van der Waals surface area contributed by atoms with Crippen LogP contribution in [-0.2, 0) is 10.0 Å². The summed E-state index contributed by atoms with van der Waals surface area (Å²) in [5.41, 5.74) is 1.54. The van der Waals surface area contributed by atoms with Crippen molar-refractivity contribution < 1.29 is 18.3 Å². The first-order valence-corrected chi connectivity index (χ1v) is 13.6. The van der Waals surface area contributed by atoms with Crippen molar-refractivity contribution in [3.63, 3.8) is 0 Å². The van der Waals surface area contributed by atoms with Crippen LogP contribution in [0.2, 0.25) is 5.02 Å². The van der Waals surface area contributed by atoms with Gasteiger partial charge in [-0.05, 0) is 77.5 Å². The lowest BCUT2D eigenvalue weighted by Gasteiger charge is -2.22. The molecule has 4 rings (SSSR count). The molecule has 0 aliphatic rings. The van der Waals surface area contributed by atoms with Crippen LogP contribution in [0.3, 0.4) is 0 Å². The molecule has 0 fully saturated rings. The fraction of sp³-hybridized carbons (Fsp3) is 0.136. The normalized spacial score (nSPS) is 13.4. The van der Waals surface area contributed by atoms with E-state index in [2.05, 4.69) is 18.8 Å². The second-order valence-corrected chi connectivity index (χ2v) is 11.3. The molecule has 4 aromatic rings. The summed E-state index contributed by atoms with van der Waals surface area (Å²) in [5, 5.41) is 13.9. The van der Waals surface area contributed by atoms with Crippen molar-refractivity contribution in [1.82, 2.24) is 14.1 Å². The Labute approximate surface area is 218 Å². The van der Waals surface area contributed by atoms with Crippen LogP contribution in [0.15, 0.2) is 65.6 Å². The van der Waals surface area contributed by atoms with Crippen molar-refractivity contribution in [2.75, 3.05) is 4.72 Å². The Morgan fingerprint density at radius 1 is 1.12 bits per heavy atom. The highest BCUT2D eigenvalue weighted by Gasteiger charge is 2.25. The number of sulfonamides is 1. The van der Waals surface area contributed by atoms with E-state index < -0.39 is 28.1 Å². The highest BCUT2D eigenvalue weighted by Crippen LogP contribution is 2.27. The molecule has 0 bridgehead atoms. The minimum atomic E-state index is -4.07. The number of anilines is 1. The number of aliphatic hydroxyl groups is 1. The van der Waals surface area contributed by atoms with Gasteiger partial charge in [0.1, 0.15) is 15.9 Å². The highest BCUT2D eigenvalue weighted by atomic mass is 127. The molecule has 3 N–H and O–H groups in total. The van der Waals surface area contributed by atoms with Crippen LogP contribution >= 0.6 is 45.9 Å². The number of carbonyl (C=O) groups is 1. The van der Waals surface area contributed by atoms with E-state index in [0.717, 1.165) is 15.3 Å². The second kappa shape index (κ2) is 10.1. The zero-order valence-corrected chi connectivity index (χ0v) is 22.1. The number of nitrogens with one attached hydrogen (secondary N) is 2. The molecule has 34 heavy (non-hydrogen) atoms. The summed E-state index contributed by atoms with van der Waals surface area (Å²) in [6.07, 6.45) is -0.986. The Morgan fingerprint density at radius 2 is 1.85 bits per heavy atom. The molecule has 0 radical (unpaired) electrons. The van der Waals surface area contributed by atoms with Gasteiger partial charge < -0.3 is 10.4 Å². The fourth-order valence-corrected chi connectivity index (χ4v) is 5.76. The largest absolute Gasteiger partial charge is 0.386 e. The maximum Gasteiger partial charge on any atom is 0.264 e. The first-order valence-electron chi connectivity index (χ1n) is 9.94. The Kier molecular flexibility index (Phi) is 7.38. The van der Waals surface area contributed by atoms with E-state index in [1.807, 2.05) is 22.6 Å². The molecule has 3 aromatic carbocycles. The predicted octanol–water partition coefficient (Wildman–Crippen LogP) is 4.60. The van der Waals surface area contributed by atoms with Gasteiger partial charge in [0.25, 0.3) is 15.9 Å². The maximum atomic E-state index is 13.2. The number of amides is 1.